The fourth-order valence-corrected chi connectivity index (χ4v) is 4.38. The molecule has 0 unspecified atom stereocenters. The van der Waals surface area contributed by atoms with E-state index in [2.05, 4.69) is 42.2 Å². The Labute approximate surface area is 181 Å². The molecule has 4 aromatic rings. The molecule has 32 heavy (non-hydrogen) atoms. The van der Waals surface area contributed by atoms with Crippen molar-refractivity contribution < 1.29 is 13.2 Å². The van der Waals surface area contributed by atoms with E-state index in [1.165, 1.54) is 16.7 Å². The lowest BCUT2D eigenvalue weighted by Crippen LogP contribution is -2.39. The van der Waals surface area contributed by atoms with Gasteiger partial charge in [0.1, 0.15) is 17.2 Å². The summed E-state index contributed by atoms with van der Waals surface area (Å²) in [6, 6.07) is 4.18. The Balaban J connectivity index is 1.49. The zero-order valence-corrected chi connectivity index (χ0v) is 17.5. The minimum absolute atomic E-state index is 0.209. The average molecular weight is 442 g/mol. The molecule has 0 radical (unpaired) electrons. The van der Waals surface area contributed by atoms with E-state index < -0.39 is 11.7 Å². The second-order valence-electron chi connectivity index (χ2n) is 8.26. The number of hydrogen-bond acceptors (Lipinski definition) is 6. The lowest BCUT2D eigenvalue weighted by atomic mass is 9.87. The first-order valence-electron chi connectivity index (χ1n) is 10.3. The molecule has 4 aromatic heterocycles. The summed E-state index contributed by atoms with van der Waals surface area (Å²) in [6.45, 7) is 5.65. The summed E-state index contributed by atoms with van der Waals surface area (Å²) >= 11 is 0. The van der Waals surface area contributed by atoms with Gasteiger partial charge in [0.25, 0.3) is 0 Å². The third-order valence-corrected chi connectivity index (χ3v) is 5.83. The molecule has 2 atom stereocenters. The van der Waals surface area contributed by atoms with Gasteiger partial charge in [-0.15, -0.1) is 0 Å². The second kappa shape index (κ2) is 7.57. The summed E-state index contributed by atoms with van der Waals surface area (Å²) < 4.78 is 41.0. The van der Waals surface area contributed by atoms with Gasteiger partial charge < -0.3 is 4.90 Å². The maximum absolute atomic E-state index is 13.2. The van der Waals surface area contributed by atoms with E-state index >= 15 is 0 Å². The number of anilines is 1. The number of hydrogen-bond donors (Lipinski definition) is 1. The zero-order valence-electron chi connectivity index (χ0n) is 17.5. The third kappa shape index (κ3) is 3.67. The molecular formula is C21H21F3N8. The van der Waals surface area contributed by atoms with Gasteiger partial charge in [0.05, 0.1) is 23.1 Å². The van der Waals surface area contributed by atoms with Crippen molar-refractivity contribution in [3.63, 3.8) is 0 Å². The lowest BCUT2D eigenvalue weighted by Gasteiger charge is -2.36. The first-order chi connectivity index (χ1) is 15.3. The number of H-pyrrole nitrogens is 1. The van der Waals surface area contributed by atoms with E-state index in [0.717, 1.165) is 49.0 Å². The standard InChI is InChI=1S/C21H21F3N8/c1-12-7-14(19-13(2)28-30-29-19)10-31(9-12)18-5-6-25-20(27-18)16-8-26-17-4-3-15(11-32(16)17)21(22,23)24/h3-6,8,11-12,14H,7,9-10H2,1-2H3,(H,28,29,30)/t12-,14+/m1/s1. The Kier molecular flexibility index (Phi) is 4.83. The molecule has 1 saturated heterocycles. The normalized spacial score (nSPS) is 19.6. The SMILES string of the molecule is Cc1n[nH]nc1[C@H]1C[C@@H](C)CN(c2ccnc(-c3cnc4ccc(C(F)(F)F)cn34)n2)C1. The zero-order chi connectivity index (χ0) is 22.5. The first kappa shape index (κ1) is 20.4. The topological polar surface area (TPSA) is 87.9 Å². The maximum Gasteiger partial charge on any atom is 0.417 e. The van der Waals surface area contributed by atoms with Crippen molar-refractivity contribution in [2.75, 3.05) is 18.0 Å². The lowest BCUT2D eigenvalue weighted by molar-refractivity contribution is -0.137. The average Bonchev–Trinajstić information content (AvgIpc) is 3.38. The number of nitrogens with one attached hydrogen (secondary N) is 1. The van der Waals surface area contributed by atoms with Crippen molar-refractivity contribution in [1.82, 2.24) is 34.8 Å². The van der Waals surface area contributed by atoms with Crippen LogP contribution in [0.2, 0.25) is 0 Å². The van der Waals surface area contributed by atoms with Crippen molar-refractivity contribution in [1.29, 1.82) is 0 Å². The molecule has 5 heterocycles. The number of pyridine rings is 1. The van der Waals surface area contributed by atoms with Gasteiger partial charge in [-0.25, -0.2) is 15.0 Å². The van der Waals surface area contributed by atoms with Crippen LogP contribution in [-0.4, -0.2) is 47.9 Å². The van der Waals surface area contributed by atoms with Crippen LogP contribution in [0.25, 0.3) is 17.2 Å². The summed E-state index contributed by atoms with van der Waals surface area (Å²) in [7, 11) is 0. The Morgan fingerprint density at radius 1 is 1.09 bits per heavy atom. The van der Waals surface area contributed by atoms with Crippen LogP contribution in [0.1, 0.15) is 36.2 Å². The van der Waals surface area contributed by atoms with Gasteiger partial charge in [0, 0.05) is 31.4 Å². The summed E-state index contributed by atoms with van der Waals surface area (Å²) in [6.07, 6.45) is 0.696. The van der Waals surface area contributed by atoms with Crippen LogP contribution in [0.4, 0.5) is 19.0 Å². The Morgan fingerprint density at radius 3 is 2.69 bits per heavy atom. The van der Waals surface area contributed by atoms with E-state index in [9.17, 15) is 13.2 Å². The molecule has 166 valence electrons. The van der Waals surface area contributed by atoms with E-state index in [1.807, 2.05) is 13.0 Å². The van der Waals surface area contributed by atoms with Crippen molar-refractivity contribution in [3.05, 3.63) is 53.7 Å². The van der Waals surface area contributed by atoms with Crippen LogP contribution in [0, 0.1) is 12.8 Å². The molecule has 0 aliphatic carbocycles. The summed E-state index contributed by atoms with van der Waals surface area (Å²) in [5.74, 6) is 1.66. The number of nitrogens with zero attached hydrogens (tertiary/aromatic N) is 7. The molecule has 1 fully saturated rings. The number of alkyl halides is 3. The number of halogens is 3. The van der Waals surface area contributed by atoms with E-state index in [4.69, 9.17) is 0 Å². The Bertz CT molecular complexity index is 1260. The van der Waals surface area contributed by atoms with Gasteiger partial charge >= 0.3 is 6.18 Å². The number of aryl methyl sites for hydroxylation is 1. The van der Waals surface area contributed by atoms with Crippen LogP contribution in [-0.2, 0) is 6.18 Å². The van der Waals surface area contributed by atoms with Gasteiger partial charge in [0.15, 0.2) is 5.82 Å². The predicted molar refractivity (Wildman–Crippen MR) is 111 cm³/mol. The summed E-state index contributed by atoms with van der Waals surface area (Å²) in [4.78, 5) is 15.4. The molecule has 1 aliphatic heterocycles. The number of aromatic nitrogens is 7. The Morgan fingerprint density at radius 2 is 1.94 bits per heavy atom. The first-order valence-corrected chi connectivity index (χ1v) is 10.3. The monoisotopic (exact) mass is 442 g/mol. The highest BCUT2D eigenvalue weighted by Gasteiger charge is 2.32. The number of aromatic amines is 1. The highest BCUT2D eigenvalue weighted by Crippen LogP contribution is 2.33. The smallest absolute Gasteiger partial charge is 0.356 e. The molecule has 0 amide bonds. The molecule has 0 aromatic carbocycles. The van der Waals surface area contributed by atoms with Gasteiger partial charge in [-0.3, -0.25) is 4.40 Å². The van der Waals surface area contributed by atoms with Gasteiger partial charge in [-0.05, 0) is 37.5 Å². The summed E-state index contributed by atoms with van der Waals surface area (Å²) in [5.41, 5.74) is 1.89. The number of piperidine rings is 1. The maximum atomic E-state index is 13.2. The van der Waals surface area contributed by atoms with E-state index in [0.29, 0.717) is 23.1 Å². The number of fused-ring (bicyclic) bond motifs is 1. The molecular weight excluding hydrogens is 421 g/mol. The van der Waals surface area contributed by atoms with Crippen LogP contribution >= 0.6 is 0 Å². The van der Waals surface area contributed by atoms with Crippen molar-refractivity contribution in [2.45, 2.75) is 32.4 Å². The number of rotatable bonds is 3. The minimum atomic E-state index is -4.45. The highest BCUT2D eigenvalue weighted by atomic mass is 19.4. The quantitative estimate of drug-likeness (QED) is 0.518. The minimum Gasteiger partial charge on any atom is -0.356 e. The molecule has 8 nitrogen and oxygen atoms in total. The van der Waals surface area contributed by atoms with Crippen LogP contribution in [0.15, 0.2) is 36.8 Å². The van der Waals surface area contributed by atoms with Crippen molar-refractivity contribution in [2.24, 2.45) is 5.92 Å². The molecule has 0 saturated carbocycles. The van der Waals surface area contributed by atoms with Crippen LogP contribution in [0.5, 0.6) is 0 Å². The molecule has 11 heteroatoms. The molecule has 5 rings (SSSR count). The van der Waals surface area contributed by atoms with Crippen molar-refractivity contribution in [3.8, 4) is 11.5 Å². The molecule has 1 N–H and O–H groups in total. The predicted octanol–water partition coefficient (Wildman–Crippen LogP) is 3.87. The fourth-order valence-electron chi connectivity index (χ4n) is 4.38. The van der Waals surface area contributed by atoms with Crippen molar-refractivity contribution >= 4 is 11.5 Å². The van der Waals surface area contributed by atoms with Crippen LogP contribution < -0.4 is 4.90 Å². The van der Waals surface area contributed by atoms with E-state index in [-0.39, 0.29) is 5.92 Å². The molecule has 0 bridgehead atoms. The Hall–Kier alpha value is -3.50. The molecule has 1 aliphatic rings. The highest BCUT2D eigenvalue weighted by molar-refractivity contribution is 5.59. The van der Waals surface area contributed by atoms with Gasteiger partial charge in [-0.1, -0.05) is 6.92 Å². The third-order valence-electron chi connectivity index (χ3n) is 5.83. The largest absolute Gasteiger partial charge is 0.417 e. The fraction of sp³-hybridized carbons (Fsp3) is 0.381. The van der Waals surface area contributed by atoms with Gasteiger partial charge in [-0.2, -0.15) is 28.6 Å². The second-order valence-corrected chi connectivity index (χ2v) is 8.26. The van der Waals surface area contributed by atoms with E-state index in [1.54, 1.807) is 6.20 Å². The van der Waals surface area contributed by atoms with Gasteiger partial charge in [0.2, 0.25) is 0 Å². The number of imidazole rings is 1. The molecule has 0 spiro atoms. The summed E-state index contributed by atoms with van der Waals surface area (Å²) in [5, 5.41) is 11.2. The van der Waals surface area contributed by atoms with Crippen LogP contribution in [0.3, 0.4) is 0 Å².